The summed E-state index contributed by atoms with van der Waals surface area (Å²) in [6, 6.07) is 2.76. The van der Waals surface area contributed by atoms with Gasteiger partial charge >= 0.3 is 18.2 Å². The zero-order valence-corrected chi connectivity index (χ0v) is 10.1. The lowest BCUT2D eigenvalue weighted by molar-refractivity contribution is -0.680. The Balaban J connectivity index is 0.00000162. The van der Waals surface area contributed by atoms with Crippen molar-refractivity contribution in [2.75, 3.05) is 0 Å². The van der Waals surface area contributed by atoms with Crippen molar-refractivity contribution in [3.8, 4) is 5.75 Å². The van der Waals surface area contributed by atoms with Crippen molar-refractivity contribution in [1.29, 1.82) is 0 Å². The molecule has 0 radical (unpaired) electrons. The van der Waals surface area contributed by atoms with Gasteiger partial charge in [-0.1, -0.05) is 0 Å². The fourth-order valence-electron chi connectivity index (χ4n) is 1.26. The highest BCUT2D eigenvalue weighted by molar-refractivity contribution is 8.93. The largest absolute Gasteiger partial charge is 0.710 e. The zero-order valence-electron chi connectivity index (χ0n) is 8.42. The summed E-state index contributed by atoms with van der Waals surface area (Å²) in [6.45, 7) is 0. The topological polar surface area (TPSA) is 76.0 Å². The van der Waals surface area contributed by atoms with Gasteiger partial charge in [-0.25, -0.2) is 4.73 Å². The first-order valence-electron chi connectivity index (χ1n) is 4.24. The number of benzene rings is 1. The van der Waals surface area contributed by atoms with E-state index in [4.69, 9.17) is 0 Å². The monoisotopic (exact) mass is 327 g/mol. The smallest absolute Gasteiger partial charge is 0.573 e. The van der Waals surface area contributed by atoms with Crippen LogP contribution < -0.4 is 14.3 Å². The van der Waals surface area contributed by atoms with Gasteiger partial charge < -0.3 is 15.2 Å². The Kier molecular flexibility index (Phi) is 3.79. The standard InChI is InChI=1S/C8H4F3N3O3.BrH/c9-8(10,11)17-5-1-2-6-7(3-5)14(16)12-4-13(6)15;/h1-4H;1H. The molecule has 18 heavy (non-hydrogen) atoms. The van der Waals surface area contributed by atoms with E-state index in [1.54, 1.807) is 0 Å². The van der Waals surface area contributed by atoms with Gasteiger partial charge in [0.2, 0.25) is 10.6 Å². The summed E-state index contributed by atoms with van der Waals surface area (Å²) in [7, 11) is 0. The van der Waals surface area contributed by atoms with Crippen molar-refractivity contribution in [3.63, 3.8) is 0 Å². The molecule has 10 heteroatoms. The average Bonchev–Trinajstić information content (AvgIpc) is 2.21. The van der Waals surface area contributed by atoms with E-state index in [0.29, 0.717) is 6.33 Å². The number of fused-ring (bicyclic) bond motifs is 1. The Bertz CT molecular complexity index is 578. The van der Waals surface area contributed by atoms with Gasteiger partial charge in [-0.3, -0.25) is 0 Å². The lowest BCUT2D eigenvalue weighted by Crippen LogP contribution is -2.40. The highest BCUT2D eigenvalue weighted by atomic mass is 79.9. The Labute approximate surface area is 108 Å². The van der Waals surface area contributed by atoms with Gasteiger partial charge in [0, 0.05) is 0 Å². The third-order valence-corrected chi connectivity index (χ3v) is 1.89. The molecule has 0 unspecified atom stereocenters. The van der Waals surface area contributed by atoms with E-state index in [1.807, 2.05) is 0 Å². The van der Waals surface area contributed by atoms with Gasteiger partial charge in [-0.15, -0.1) is 30.2 Å². The quantitative estimate of drug-likeness (QED) is 0.578. The molecule has 0 amide bonds. The minimum atomic E-state index is -4.86. The molecular weight excluding hydrogens is 323 g/mol. The number of rotatable bonds is 1. The number of nitrogens with zero attached hydrogens (tertiary/aromatic N) is 3. The van der Waals surface area contributed by atoms with Crippen molar-refractivity contribution in [3.05, 3.63) is 34.9 Å². The van der Waals surface area contributed by atoms with Crippen LogP contribution in [0, 0.1) is 10.4 Å². The predicted molar refractivity (Wildman–Crippen MR) is 56.7 cm³/mol. The summed E-state index contributed by atoms with van der Waals surface area (Å²) in [4.78, 5) is 0.0347. The normalized spacial score (nSPS) is 11.1. The van der Waals surface area contributed by atoms with Crippen molar-refractivity contribution in [2.45, 2.75) is 6.36 Å². The van der Waals surface area contributed by atoms with Crippen LogP contribution >= 0.6 is 17.0 Å². The minimum Gasteiger partial charge on any atom is -0.710 e. The molecule has 1 heterocycles. The molecule has 98 valence electrons. The number of ether oxygens (including phenoxy) is 1. The molecule has 0 spiro atoms. The first kappa shape index (κ1) is 14.2. The number of alkyl halides is 3. The van der Waals surface area contributed by atoms with Crippen LogP contribution in [0.1, 0.15) is 0 Å². The maximum absolute atomic E-state index is 11.9. The molecule has 0 fully saturated rings. The first-order chi connectivity index (χ1) is 7.87. The molecule has 0 saturated heterocycles. The average molecular weight is 328 g/mol. The second-order valence-corrected chi connectivity index (χ2v) is 3.03. The van der Waals surface area contributed by atoms with E-state index in [9.17, 15) is 23.6 Å². The summed E-state index contributed by atoms with van der Waals surface area (Å²) < 4.78 is 39.7. The Hall–Kier alpha value is -1.84. The van der Waals surface area contributed by atoms with E-state index in [0.717, 1.165) is 18.2 Å². The van der Waals surface area contributed by atoms with Gasteiger partial charge in [-0.2, -0.15) is 0 Å². The van der Waals surface area contributed by atoms with Gasteiger partial charge in [0.1, 0.15) is 5.75 Å². The number of halogens is 4. The van der Waals surface area contributed by atoms with Crippen LogP contribution in [-0.4, -0.2) is 11.5 Å². The van der Waals surface area contributed by atoms with E-state index in [2.05, 4.69) is 9.84 Å². The van der Waals surface area contributed by atoms with Crippen molar-refractivity contribution < 1.29 is 27.5 Å². The Morgan fingerprint density at radius 1 is 1.17 bits per heavy atom. The maximum Gasteiger partial charge on any atom is 0.573 e. The SMILES string of the molecule is Br.[O-][n+]1cn[n+]([O-])c2cc(OC(F)(F)F)ccc21. The Morgan fingerprint density at radius 3 is 2.44 bits per heavy atom. The fourth-order valence-corrected chi connectivity index (χ4v) is 1.26. The number of aromatic nitrogens is 3. The molecule has 0 saturated carbocycles. The van der Waals surface area contributed by atoms with E-state index in [1.165, 1.54) is 0 Å². The number of hydrogen-bond donors (Lipinski definition) is 0. The van der Waals surface area contributed by atoms with Gasteiger partial charge in [-0.05, 0) is 12.1 Å². The molecule has 0 aliphatic heterocycles. The molecule has 0 N–H and O–H groups in total. The van der Waals surface area contributed by atoms with Crippen LogP contribution in [0.15, 0.2) is 24.5 Å². The summed E-state index contributed by atoms with van der Waals surface area (Å²) >= 11 is 0. The van der Waals surface area contributed by atoms with Gasteiger partial charge in [0.15, 0.2) is 0 Å². The predicted octanol–water partition coefficient (Wildman–Crippen LogP) is 0.978. The molecule has 2 aromatic rings. The third-order valence-electron chi connectivity index (χ3n) is 1.89. The van der Waals surface area contributed by atoms with E-state index < -0.39 is 12.1 Å². The number of hydrogen-bond acceptors (Lipinski definition) is 4. The molecule has 0 aliphatic rings. The molecule has 6 nitrogen and oxygen atoms in total. The summed E-state index contributed by atoms with van der Waals surface area (Å²) in [6.07, 6.45) is -4.16. The molecule has 0 aliphatic carbocycles. The molecule has 1 aromatic heterocycles. The van der Waals surface area contributed by atoms with Gasteiger partial charge in [0.05, 0.1) is 10.9 Å². The van der Waals surface area contributed by atoms with E-state index in [-0.39, 0.29) is 37.6 Å². The summed E-state index contributed by atoms with van der Waals surface area (Å²) in [5.41, 5.74) is -0.422. The summed E-state index contributed by atoms with van der Waals surface area (Å²) in [5.74, 6) is -0.595. The summed E-state index contributed by atoms with van der Waals surface area (Å²) in [5, 5.41) is 25.5. The molecule has 1 aromatic carbocycles. The van der Waals surface area contributed by atoms with Crippen LogP contribution in [0.3, 0.4) is 0 Å². The van der Waals surface area contributed by atoms with E-state index >= 15 is 0 Å². The van der Waals surface area contributed by atoms with Crippen LogP contribution in [-0.2, 0) is 0 Å². The fraction of sp³-hybridized carbons (Fsp3) is 0.125. The zero-order chi connectivity index (χ0) is 12.6. The lowest BCUT2D eigenvalue weighted by atomic mass is 10.3. The van der Waals surface area contributed by atoms with Crippen molar-refractivity contribution >= 4 is 28.0 Å². The highest BCUT2D eigenvalue weighted by Crippen LogP contribution is 2.23. The van der Waals surface area contributed by atoms with Crippen LogP contribution in [0.25, 0.3) is 11.0 Å². The lowest BCUT2D eigenvalue weighted by Gasteiger charge is -2.08. The van der Waals surface area contributed by atoms with Crippen molar-refractivity contribution in [1.82, 2.24) is 5.10 Å². The maximum atomic E-state index is 11.9. The molecule has 0 atom stereocenters. The molecule has 0 bridgehead atoms. The highest BCUT2D eigenvalue weighted by Gasteiger charge is 2.31. The first-order valence-corrected chi connectivity index (χ1v) is 4.24. The Morgan fingerprint density at radius 2 is 1.83 bits per heavy atom. The van der Waals surface area contributed by atoms with Gasteiger partial charge in [0.25, 0.3) is 0 Å². The molecule has 2 rings (SSSR count). The second kappa shape index (κ2) is 4.80. The van der Waals surface area contributed by atoms with Crippen molar-refractivity contribution in [2.24, 2.45) is 0 Å². The molecular formula is C8H5BrF3N3O3. The van der Waals surface area contributed by atoms with Crippen LogP contribution in [0.2, 0.25) is 0 Å². The minimum absolute atomic E-state index is 0. The van der Waals surface area contributed by atoms with Crippen LogP contribution in [0.5, 0.6) is 5.75 Å². The second-order valence-electron chi connectivity index (χ2n) is 3.03. The van der Waals surface area contributed by atoms with Crippen LogP contribution in [0.4, 0.5) is 13.2 Å². The third kappa shape index (κ3) is 2.88.